The molecule has 2 aromatic carbocycles. The van der Waals surface area contributed by atoms with Gasteiger partial charge in [0.25, 0.3) is 0 Å². The average molecular weight is 342 g/mol. The second-order valence-electron chi connectivity index (χ2n) is 7.25. The molecule has 0 aliphatic carbocycles. The first-order valence-electron chi connectivity index (χ1n) is 9.44. The lowest BCUT2D eigenvalue weighted by Crippen LogP contribution is -2.50. The molecular formula is C24H26N2. The molecule has 0 amide bonds. The number of nitrogens with zero attached hydrogens (tertiary/aromatic N) is 2. The summed E-state index contributed by atoms with van der Waals surface area (Å²) in [7, 11) is 0. The lowest BCUT2D eigenvalue weighted by Gasteiger charge is -2.44. The van der Waals surface area contributed by atoms with E-state index in [0.717, 1.165) is 31.6 Å². The fourth-order valence-corrected chi connectivity index (χ4v) is 3.88. The normalized spacial score (nSPS) is 20.0. The third-order valence-electron chi connectivity index (χ3n) is 5.32. The van der Waals surface area contributed by atoms with Gasteiger partial charge in [-0.15, -0.1) is 0 Å². The van der Waals surface area contributed by atoms with Crippen molar-refractivity contribution < 1.29 is 0 Å². The number of rotatable bonds is 5. The Hall–Kier alpha value is -2.58. The Kier molecular flexibility index (Phi) is 5.03. The van der Waals surface area contributed by atoms with Crippen LogP contribution in [-0.2, 0) is 13.0 Å². The number of fused-ring (bicyclic) bond motifs is 1. The van der Waals surface area contributed by atoms with Crippen LogP contribution >= 0.6 is 0 Å². The summed E-state index contributed by atoms with van der Waals surface area (Å²) in [5.74, 6) is 0. The van der Waals surface area contributed by atoms with Crippen molar-refractivity contribution in [1.29, 1.82) is 0 Å². The van der Waals surface area contributed by atoms with Gasteiger partial charge in [0.15, 0.2) is 0 Å². The van der Waals surface area contributed by atoms with Crippen molar-refractivity contribution in [1.82, 2.24) is 9.80 Å². The van der Waals surface area contributed by atoms with Gasteiger partial charge in [-0.05, 0) is 41.7 Å². The summed E-state index contributed by atoms with van der Waals surface area (Å²) < 4.78 is 0. The van der Waals surface area contributed by atoms with Crippen molar-refractivity contribution in [3.8, 4) is 0 Å². The van der Waals surface area contributed by atoms with Crippen LogP contribution in [-0.4, -0.2) is 28.9 Å². The van der Waals surface area contributed by atoms with Gasteiger partial charge in [0.05, 0.1) is 0 Å². The monoisotopic (exact) mass is 342 g/mol. The molecule has 2 nitrogen and oxygen atoms in total. The van der Waals surface area contributed by atoms with E-state index in [0.29, 0.717) is 6.04 Å². The highest BCUT2D eigenvalue weighted by Gasteiger charge is 2.29. The van der Waals surface area contributed by atoms with Crippen molar-refractivity contribution in [2.24, 2.45) is 0 Å². The van der Waals surface area contributed by atoms with E-state index < -0.39 is 0 Å². The van der Waals surface area contributed by atoms with Crippen LogP contribution in [0.1, 0.15) is 17.5 Å². The molecule has 132 valence electrons. The first-order chi connectivity index (χ1) is 12.8. The molecule has 1 unspecified atom stereocenters. The molecule has 1 atom stereocenters. The van der Waals surface area contributed by atoms with E-state index in [1.807, 2.05) is 0 Å². The maximum atomic E-state index is 4.10. The Balaban J connectivity index is 1.51. The predicted octanol–water partition coefficient (Wildman–Crippen LogP) is 4.77. The summed E-state index contributed by atoms with van der Waals surface area (Å²) >= 11 is 0. The number of allylic oxidation sites excluding steroid dienone is 3. The summed E-state index contributed by atoms with van der Waals surface area (Å²) in [6.45, 7) is 7.14. The molecule has 2 heterocycles. The van der Waals surface area contributed by atoms with Gasteiger partial charge >= 0.3 is 0 Å². The first-order valence-corrected chi connectivity index (χ1v) is 9.44. The Morgan fingerprint density at radius 1 is 0.923 bits per heavy atom. The molecule has 0 aromatic heterocycles. The molecule has 0 radical (unpaired) electrons. The smallest absolute Gasteiger partial charge is 0.0394 e. The highest BCUT2D eigenvalue weighted by Crippen LogP contribution is 2.27. The first kappa shape index (κ1) is 16.9. The second kappa shape index (κ2) is 7.76. The maximum Gasteiger partial charge on any atom is 0.0394 e. The van der Waals surface area contributed by atoms with Gasteiger partial charge in [-0.25, -0.2) is 0 Å². The van der Waals surface area contributed by atoms with E-state index in [2.05, 4.69) is 95.4 Å². The van der Waals surface area contributed by atoms with Crippen LogP contribution < -0.4 is 0 Å². The number of hydrogen-bond acceptors (Lipinski definition) is 2. The summed E-state index contributed by atoms with van der Waals surface area (Å²) in [6.07, 6.45) is 8.85. The van der Waals surface area contributed by atoms with Crippen LogP contribution in [0.5, 0.6) is 0 Å². The summed E-state index contributed by atoms with van der Waals surface area (Å²) in [5.41, 5.74) is 5.27. The Bertz CT molecular complexity index is 805. The number of aryl methyl sites for hydroxylation is 1. The molecule has 0 saturated carbocycles. The summed E-state index contributed by atoms with van der Waals surface area (Å²) in [5, 5.41) is 0. The molecule has 2 aliphatic rings. The molecule has 2 heteroatoms. The third-order valence-corrected chi connectivity index (χ3v) is 5.32. The minimum Gasteiger partial charge on any atom is -0.349 e. The predicted molar refractivity (Wildman–Crippen MR) is 108 cm³/mol. The van der Waals surface area contributed by atoms with E-state index in [9.17, 15) is 0 Å². The van der Waals surface area contributed by atoms with Gasteiger partial charge in [0, 0.05) is 37.6 Å². The van der Waals surface area contributed by atoms with E-state index in [1.165, 1.54) is 23.2 Å². The van der Waals surface area contributed by atoms with Crippen LogP contribution in [0.4, 0.5) is 0 Å². The van der Waals surface area contributed by atoms with Crippen molar-refractivity contribution in [2.75, 3.05) is 13.1 Å². The van der Waals surface area contributed by atoms with E-state index in [-0.39, 0.29) is 0 Å². The molecule has 26 heavy (non-hydrogen) atoms. The number of hydrogen-bond donors (Lipinski definition) is 0. The Labute approximate surface area is 156 Å². The van der Waals surface area contributed by atoms with Crippen molar-refractivity contribution >= 4 is 0 Å². The third kappa shape index (κ3) is 3.97. The van der Waals surface area contributed by atoms with Crippen LogP contribution in [0.25, 0.3) is 0 Å². The van der Waals surface area contributed by atoms with Crippen molar-refractivity contribution in [2.45, 2.75) is 25.4 Å². The fraction of sp³-hybridized carbons (Fsp3) is 0.250. The summed E-state index contributed by atoms with van der Waals surface area (Å²) in [6, 6.07) is 22.2. The van der Waals surface area contributed by atoms with E-state index in [4.69, 9.17) is 0 Å². The highest BCUT2D eigenvalue weighted by molar-refractivity contribution is 5.36. The van der Waals surface area contributed by atoms with Gasteiger partial charge in [-0.2, -0.15) is 0 Å². The molecular weight excluding hydrogens is 316 g/mol. The van der Waals surface area contributed by atoms with Crippen LogP contribution in [0.15, 0.2) is 96.9 Å². The standard InChI is InChI=1S/C24H26N2/c1-20-14-15-25-18-23(13-12-21-8-4-2-5-9-21)26(19-24(25)16-20)17-22-10-6-3-7-11-22/h2-11,14-16,23H,1,12-13,17-19H2. The molecule has 1 saturated heterocycles. The van der Waals surface area contributed by atoms with Gasteiger partial charge < -0.3 is 4.90 Å². The van der Waals surface area contributed by atoms with Gasteiger partial charge in [0.2, 0.25) is 0 Å². The van der Waals surface area contributed by atoms with Crippen molar-refractivity contribution in [3.05, 3.63) is 108 Å². The molecule has 0 bridgehead atoms. The zero-order valence-electron chi connectivity index (χ0n) is 15.2. The highest BCUT2D eigenvalue weighted by atomic mass is 15.3. The van der Waals surface area contributed by atoms with Crippen LogP contribution in [0.3, 0.4) is 0 Å². The lowest BCUT2D eigenvalue weighted by atomic mass is 9.99. The average Bonchev–Trinajstić information content (AvgIpc) is 2.68. The lowest BCUT2D eigenvalue weighted by molar-refractivity contribution is 0.119. The SMILES string of the molecule is C=C1C=CN2CC(CCc3ccccc3)N(Cc3ccccc3)CC2=C1. The zero-order chi connectivity index (χ0) is 17.8. The molecule has 2 aromatic rings. The number of piperazine rings is 1. The van der Waals surface area contributed by atoms with Gasteiger partial charge in [0.1, 0.15) is 0 Å². The minimum atomic E-state index is 0.545. The molecule has 2 aliphatic heterocycles. The molecule has 0 spiro atoms. The zero-order valence-corrected chi connectivity index (χ0v) is 15.2. The van der Waals surface area contributed by atoms with Crippen LogP contribution in [0, 0.1) is 0 Å². The second-order valence-corrected chi connectivity index (χ2v) is 7.25. The molecule has 1 fully saturated rings. The van der Waals surface area contributed by atoms with Gasteiger partial charge in [-0.3, -0.25) is 4.90 Å². The summed E-state index contributed by atoms with van der Waals surface area (Å²) in [4.78, 5) is 5.04. The Morgan fingerprint density at radius 3 is 2.35 bits per heavy atom. The van der Waals surface area contributed by atoms with E-state index in [1.54, 1.807) is 0 Å². The number of benzene rings is 2. The molecule has 0 N–H and O–H groups in total. The van der Waals surface area contributed by atoms with Crippen molar-refractivity contribution in [3.63, 3.8) is 0 Å². The molecule has 4 rings (SSSR count). The maximum absolute atomic E-state index is 4.10. The van der Waals surface area contributed by atoms with E-state index >= 15 is 0 Å². The quantitative estimate of drug-likeness (QED) is 0.772. The largest absolute Gasteiger partial charge is 0.349 e. The van der Waals surface area contributed by atoms with Gasteiger partial charge in [-0.1, -0.05) is 67.2 Å². The minimum absolute atomic E-state index is 0.545. The topological polar surface area (TPSA) is 6.48 Å². The Morgan fingerprint density at radius 2 is 1.62 bits per heavy atom. The fourth-order valence-electron chi connectivity index (χ4n) is 3.88. The van der Waals surface area contributed by atoms with Crippen LogP contribution in [0.2, 0.25) is 0 Å².